The third kappa shape index (κ3) is 2.86. The van der Waals surface area contributed by atoms with Crippen molar-refractivity contribution in [2.45, 2.75) is 44.4 Å². The minimum atomic E-state index is -0.142. The Morgan fingerprint density at radius 3 is 2.75 bits per heavy atom. The van der Waals surface area contributed by atoms with E-state index in [1.54, 1.807) is 16.9 Å². The Morgan fingerprint density at radius 1 is 1.33 bits per heavy atom. The molecule has 0 aromatic carbocycles. The maximum atomic E-state index is 12.7. The van der Waals surface area contributed by atoms with E-state index in [1.807, 2.05) is 30.3 Å². The summed E-state index contributed by atoms with van der Waals surface area (Å²) in [5.41, 5.74) is 0. The van der Waals surface area contributed by atoms with Gasteiger partial charge < -0.3 is 14.4 Å². The monoisotopic (exact) mass is 329 g/mol. The van der Waals surface area contributed by atoms with Gasteiger partial charge in [-0.2, -0.15) is 5.10 Å². The largest absolute Gasteiger partial charge is 0.454 e. The van der Waals surface area contributed by atoms with Crippen LogP contribution >= 0.6 is 0 Å². The fraction of sp³-hybridized carbons (Fsp3) is 0.556. The standard InChI is InChI=1S/C18H23N3O3/c1-20(14-7-12-9-15(22)10-13(12)8-14)18(23)17-4-3-16(24-17)11-21-6-2-5-19-21/h2-6,12-15,22H,7-11H2,1H3/t12-,13+,14?,15?. The van der Waals surface area contributed by atoms with Gasteiger partial charge in [0.15, 0.2) is 5.76 Å². The number of fused-ring (bicyclic) bond motifs is 1. The number of hydrogen-bond donors (Lipinski definition) is 1. The summed E-state index contributed by atoms with van der Waals surface area (Å²) in [6.45, 7) is 0.523. The van der Waals surface area contributed by atoms with Crippen molar-refractivity contribution in [2.24, 2.45) is 11.8 Å². The fourth-order valence-electron chi connectivity index (χ4n) is 4.34. The third-order valence-electron chi connectivity index (χ3n) is 5.58. The van der Waals surface area contributed by atoms with Crippen molar-refractivity contribution in [2.75, 3.05) is 7.05 Å². The predicted molar refractivity (Wildman–Crippen MR) is 87.4 cm³/mol. The summed E-state index contributed by atoms with van der Waals surface area (Å²) < 4.78 is 7.48. The summed E-state index contributed by atoms with van der Waals surface area (Å²) in [5.74, 6) is 2.17. The molecule has 0 spiro atoms. The molecule has 4 rings (SSSR count). The molecule has 24 heavy (non-hydrogen) atoms. The van der Waals surface area contributed by atoms with Gasteiger partial charge in [-0.15, -0.1) is 0 Å². The highest BCUT2D eigenvalue weighted by atomic mass is 16.4. The Balaban J connectivity index is 1.40. The number of nitrogens with zero attached hydrogens (tertiary/aromatic N) is 3. The quantitative estimate of drug-likeness (QED) is 0.933. The number of amides is 1. The fourth-order valence-corrected chi connectivity index (χ4v) is 4.34. The summed E-state index contributed by atoms with van der Waals surface area (Å²) in [6, 6.07) is 5.69. The van der Waals surface area contributed by atoms with Gasteiger partial charge in [-0.05, 0) is 55.7 Å². The SMILES string of the molecule is CN(C(=O)c1ccc(Cn2cccn2)o1)C1C[C@H]2CC(O)C[C@H]2C1. The van der Waals surface area contributed by atoms with E-state index in [0.717, 1.165) is 31.4 Å². The zero-order valence-electron chi connectivity index (χ0n) is 13.8. The summed E-state index contributed by atoms with van der Waals surface area (Å²) >= 11 is 0. The van der Waals surface area contributed by atoms with Crippen molar-refractivity contribution in [3.05, 3.63) is 42.1 Å². The molecule has 128 valence electrons. The Morgan fingerprint density at radius 2 is 2.08 bits per heavy atom. The second-order valence-electron chi connectivity index (χ2n) is 7.16. The van der Waals surface area contributed by atoms with Crippen LogP contribution in [0.3, 0.4) is 0 Å². The topological polar surface area (TPSA) is 71.5 Å². The van der Waals surface area contributed by atoms with Crippen molar-refractivity contribution in [1.29, 1.82) is 0 Å². The van der Waals surface area contributed by atoms with Crippen LogP contribution in [0.25, 0.3) is 0 Å². The molecule has 2 aromatic heterocycles. The number of carbonyl (C=O) groups excluding carboxylic acids is 1. The zero-order valence-corrected chi connectivity index (χ0v) is 13.8. The van der Waals surface area contributed by atoms with E-state index in [-0.39, 0.29) is 18.1 Å². The van der Waals surface area contributed by atoms with Crippen LogP contribution in [0.5, 0.6) is 0 Å². The summed E-state index contributed by atoms with van der Waals surface area (Å²) in [7, 11) is 1.86. The molecule has 4 atom stereocenters. The number of carbonyl (C=O) groups is 1. The molecule has 1 amide bonds. The van der Waals surface area contributed by atoms with Gasteiger partial charge in [0.1, 0.15) is 5.76 Å². The van der Waals surface area contributed by atoms with Gasteiger partial charge in [0.05, 0.1) is 12.6 Å². The molecule has 2 aliphatic rings. The molecule has 0 saturated heterocycles. The number of aromatic nitrogens is 2. The molecule has 2 fully saturated rings. The first kappa shape index (κ1) is 15.4. The highest BCUT2D eigenvalue weighted by Gasteiger charge is 2.43. The van der Waals surface area contributed by atoms with E-state index < -0.39 is 0 Å². The third-order valence-corrected chi connectivity index (χ3v) is 5.58. The van der Waals surface area contributed by atoms with Crippen LogP contribution in [0, 0.1) is 11.8 Å². The van der Waals surface area contributed by atoms with E-state index in [9.17, 15) is 9.90 Å². The van der Waals surface area contributed by atoms with Crippen LogP contribution in [0.15, 0.2) is 35.0 Å². The first-order valence-corrected chi connectivity index (χ1v) is 8.61. The van der Waals surface area contributed by atoms with E-state index in [0.29, 0.717) is 24.1 Å². The minimum Gasteiger partial charge on any atom is -0.454 e. The van der Waals surface area contributed by atoms with E-state index >= 15 is 0 Å². The lowest BCUT2D eigenvalue weighted by atomic mass is 10.0. The number of aliphatic hydroxyl groups excluding tert-OH is 1. The molecular formula is C18H23N3O3. The van der Waals surface area contributed by atoms with Gasteiger partial charge >= 0.3 is 0 Å². The van der Waals surface area contributed by atoms with Crippen LogP contribution in [0.4, 0.5) is 0 Å². The van der Waals surface area contributed by atoms with Crippen LogP contribution in [-0.2, 0) is 6.54 Å². The molecule has 0 bridgehead atoms. The van der Waals surface area contributed by atoms with Gasteiger partial charge in [-0.25, -0.2) is 0 Å². The molecule has 0 radical (unpaired) electrons. The normalized spacial score (nSPS) is 28.9. The second-order valence-corrected chi connectivity index (χ2v) is 7.16. The van der Waals surface area contributed by atoms with E-state index in [1.165, 1.54) is 0 Å². The number of aliphatic hydroxyl groups is 1. The molecule has 6 nitrogen and oxygen atoms in total. The van der Waals surface area contributed by atoms with Gasteiger partial charge in [-0.3, -0.25) is 9.48 Å². The lowest BCUT2D eigenvalue weighted by Gasteiger charge is -2.24. The van der Waals surface area contributed by atoms with Gasteiger partial charge in [0, 0.05) is 25.5 Å². The Labute approximate surface area is 141 Å². The number of furan rings is 1. The summed E-state index contributed by atoms with van der Waals surface area (Å²) in [6.07, 6.45) is 7.20. The maximum Gasteiger partial charge on any atom is 0.289 e. The van der Waals surface area contributed by atoms with E-state index in [4.69, 9.17) is 4.42 Å². The molecule has 2 aliphatic carbocycles. The number of hydrogen-bond acceptors (Lipinski definition) is 4. The van der Waals surface area contributed by atoms with Crippen molar-refractivity contribution >= 4 is 5.91 Å². The van der Waals surface area contributed by atoms with Gasteiger partial charge in [0.25, 0.3) is 5.91 Å². The smallest absolute Gasteiger partial charge is 0.289 e. The molecule has 2 heterocycles. The van der Waals surface area contributed by atoms with Crippen LogP contribution in [0.1, 0.15) is 42.0 Å². The molecule has 2 aromatic rings. The molecule has 1 N–H and O–H groups in total. The summed E-state index contributed by atoms with van der Waals surface area (Å²) in [4.78, 5) is 14.5. The molecule has 2 unspecified atom stereocenters. The number of rotatable bonds is 4. The highest BCUT2D eigenvalue weighted by Crippen LogP contribution is 2.45. The average Bonchev–Trinajstić information content (AvgIpc) is 3.30. The Kier molecular flexibility index (Phi) is 3.92. The van der Waals surface area contributed by atoms with E-state index in [2.05, 4.69) is 5.10 Å². The predicted octanol–water partition coefficient (Wildman–Crippen LogP) is 2.15. The first-order chi connectivity index (χ1) is 11.6. The van der Waals surface area contributed by atoms with Crippen molar-refractivity contribution in [3.63, 3.8) is 0 Å². The van der Waals surface area contributed by atoms with Crippen LogP contribution in [0.2, 0.25) is 0 Å². The van der Waals surface area contributed by atoms with Crippen molar-refractivity contribution in [3.8, 4) is 0 Å². The van der Waals surface area contributed by atoms with Crippen LogP contribution < -0.4 is 0 Å². The molecule has 0 aliphatic heterocycles. The Bertz CT molecular complexity index is 695. The summed E-state index contributed by atoms with van der Waals surface area (Å²) in [5, 5.41) is 13.9. The minimum absolute atomic E-state index is 0.0627. The molecule has 6 heteroatoms. The van der Waals surface area contributed by atoms with Crippen molar-refractivity contribution in [1.82, 2.24) is 14.7 Å². The molecular weight excluding hydrogens is 306 g/mol. The Hall–Kier alpha value is -2.08. The maximum absolute atomic E-state index is 12.7. The zero-order chi connectivity index (χ0) is 16.7. The van der Waals surface area contributed by atoms with Gasteiger partial charge in [-0.1, -0.05) is 0 Å². The second kappa shape index (κ2) is 6.09. The highest BCUT2D eigenvalue weighted by molar-refractivity contribution is 5.91. The first-order valence-electron chi connectivity index (χ1n) is 8.61. The lowest BCUT2D eigenvalue weighted by Crippen LogP contribution is -2.35. The molecule has 2 saturated carbocycles. The van der Waals surface area contributed by atoms with Crippen LogP contribution in [-0.4, -0.2) is 44.9 Å². The average molecular weight is 329 g/mol. The van der Waals surface area contributed by atoms with Crippen molar-refractivity contribution < 1.29 is 14.3 Å². The lowest BCUT2D eigenvalue weighted by molar-refractivity contribution is 0.0688. The van der Waals surface area contributed by atoms with Gasteiger partial charge in [0.2, 0.25) is 0 Å².